The van der Waals surface area contributed by atoms with E-state index in [4.69, 9.17) is 9.47 Å². The molecule has 26 heavy (non-hydrogen) atoms. The molecule has 0 N–H and O–H groups in total. The molecule has 0 saturated carbocycles. The van der Waals surface area contributed by atoms with Crippen LogP contribution in [0.1, 0.15) is 40.5 Å². The molecule has 3 heterocycles. The SMILES string of the molecule is COc1cc2c(cc1OC)C1N(CCC3CCc4ccccc4N31)C2=O. The van der Waals surface area contributed by atoms with E-state index < -0.39 is 0 Å². The van der Waals surface area contributed by atoms with E-state index in [0.717, 1.165) is 36.9 Å². The van der Waals surface area contributed by atoms with E-state index in [2.05, 4.69) is 29.2 Å². The number of rotatable bonds is 2. The zero-order valence-corrected chi connectivity index (χ0v) is 15.1. The molecule has 3 aliphatic heterocycles. The third kappa shape index (κ3) is 2.00. The van der Waals surface area contributed by atoms with Gasteiger partial charge >= 0.3 is 0 Å². The second-order valence-electron chi connectivity index (χ2n) is 7.18. The smallest absolute Gasteiger partial charge is 0.256 e. The van der Waals surface area contributed by atoms with Crippen molar-refractivity contribution < 1.29 is 14.3 Å². The van der Waals surface area contributed by atoms with Crippen LogP contribution >= 0.6 is 0 Å². The summed E-state index contributed by atoms with van der Waals surface area (Å²) in [7, 11) is 3.24. The molecule has 1 fully saturated rings. The van der Waals surface area contributed by atoms with Crippen LogP contribution in [0.15, 0.2) is 36.4 Å². The Morgan fingerprint density at radius 3 is 2.62 bits per heavy atom. The van der Waals surface area contributed by atoms with E-state index in [1.165, 1.54) is 11.3 Å². The lowest BCUT2D eigenvalue weighted by molar-refractivity contribution is 0.0650. The zero-order chi connectivity index (χ0) is 17.8. The number of fused-ring (bicyclic) bond motifs is 7. The van der Waals surface area contributed by atoms with Crippen LogP contribution in [0.4, 0.5) is 5.69 Å². The first kappa shape index (κ1) is 15.6. The number of aryl methyl sites for hydroxylation is 1. The largest absolute Gasteiger partial charge is 0.493 e. The quantitative estimate of drug-likeness (QED) is 0.833. The summed E-state index contributed by atoms with van der Waals surface area (Å²) >= 11 is 0. The van der Waals surface area contributed by atoms with E-state index >= 15 is 0 Å². The van der Waals surface area contributed by atoms with Crippen molar-refractivity contribution in [2.24, 2.45) is 0 Å². The third-order valence-electron chi connectivity index (χ3n) is 6.00. The van der Waals surface area contributed by atoms with Gasteiger partial charge in [-0.05, 0) is 43.0 Å². The first-order chi connectivity index (χ1) is 12.7. The van der Waals surface area contributed by atoms with Crippen LogP contribution in [-0.4, -0.2) is 37.6 Å². The highest BCUT2D eigenvalue weighted by Gasteiger charge is 2.47. The fraction of sp³-hybridized carbons (Fsp3) is 0.381. The molecular weight excluding hydrogens is 328 g/mol. The number of carbonyl (C=O) groups excluding carboxylic acids is 1. The average Bonchev–Trinajstić information content (AvgIpc) is 2.98. The number of benzene rings is 2. The molecule has 0 radical (unpaired) electrons. The number of hydrogen-bond donors (Lipinski definition) is 0. The Bertz CT molecular complexity index is 895. The number of hydrogen-bond acceptors (Lipinski definition) is 4. The summed E-state index contributed by atoms with van der Waals surface area (Å²) in [6, 6.07) is 12.9. The lowest BCUT2D eigenvalue weighted by Gasteiger charge is -2.50. The van der Waals surface area contributed by atoms with Gasteiger partial charge in [0.05, 0.1) is 19.8 Å². The minimum atomic E-state index is -0.0579. The second-order valence-corrected chi connectivity index (χ2v) is 7.18. The Hall–Kier alpha value is -2.69. The summed E-state index contributed by atoms with van der Waals surface area (Å²) in [5, 5.41) is 0. The fourth-order valence-electron chi connectivity index (χ4n) is 4.79. The molecule has 2 aromatic carbocycles. The molecule has 0 aliphatic carbocycles. The number of para-hydroxylation sites is 1. The van der Waals surface area contributed by atoms with Gasteiger partial charge in [0.2, 0.25) is 0 Å². The molecule has 2 unspecified atom stereocenters. The second kappa shape index (κ2) is 5.66. The van der Waals surface area contributed by atoms with Crippen LogP contribution < -0.4 is 14.4 Å². The Balaban J connectivity index is 1.69. The minimum Gasteiger partial charge on any atom is -0.493 e. The average molecular weight is 350 g/mol. The summed E-state index contributed by atoms with van der Waals surface area (Å²) in [5.74, 6) is 1.37. The number of anilines is 1. The number of nitrogens with zero attached hydrogens (tertiary/aromatic N) is 2. The summed E-state index contributed by atoms with van der Waals surface area (Å²) in [6.07, 6.45) is 3.20. The van der Waals surface area contributed by atoms with Crippen LogP contribution in [0.3, 0.4) is 0 Å². The molecule has 0 spiro atoms. The molecule has 134 valence electrons. The lowest BCUT2D eigenvalue weighted by atomic mass is 9.90. The van der Waals surface area contributed by atoms with Gasteiger partial charge in [-0.1, -0.05) is 18.2 Å². The predicted octanol–water partition coefficient (Wildman–Crippen LogP) is 3.38. The van der Waals surface area contributed by atoms with E-state index in [1.807, 2.05) is 17.0 Å². The Labute approximate surface area is 153 Å². The third-order valence-corrected chi connectivity index (χ3v) is 6.00. The van der Waals surface area contributed by atoms with Crippen molar-refractivity contribution in [3.8, 4) is 11.5 Å². The molecule has 1 saturated heterocycles. The van der Waals surface area contributed by atoms with Crippen molar-refractivity contribution in [1.29, 1.82) is 0 Å². The van der Waals surface area contributed by atoms with Crippen LogP contribution in [-0.2, 0) is 6.42 Å². The molecule has 5 nitrogen and oxygen atoms in total. The van der Waals surface area contributed by atoms with Gasteiger partial charge in [-0.2, -0.15) is 0 Å². The highest BCUT2D eigenvalue weighted by molar-refractivity contribution is 6.00. The molecular formula is C21H22N2O3. The van der Waals surface area contributed by atoms with E-state index in [9.17, 15) is 4.79 Å². The summed E-state index contributed by atoms with van der Waals surface area (Å²) in [5.41, 5.74) is 4.38. The van der Waals surface area contributed by atoms with Gasteiger partial charge in [0.15, 0.2) is 11.5 Å². The maximum absolute atomic E-state index is 13.1. The van der Waals surface area contributed by atoms with Crippen molar-refractivity contribution >= 4 is 11.6 Å². The van der Waals surface area contributed by atoms with E-state index in [0.29, 0.717) is 17.5 Å². The molecule has 5 heteroatoms. The number of ether oxygens (including phenoxy) is 2. The van der Waals surface area contributed by atoms with Gasteiger partial charge in [0, 0.05) is 23.8 Å². The van der Waals surface area contributed by atoms with Gasteiger partial charge in [-0.3, -0.25) is 4.79 Å². The van der Waals surface area contributed by atoms with E-state index in [-0.39, 0.29) is 12.1 Å². The summed E-state index contributed by atoms with van der Waals surface area (Å²) < 4.78 is 10.9. The monoisotopic (exact) mass is 350 g/mol. The van der Waals surface area contributed by atoms with Crippen molar-refractivity contribution in [3.63, 3.8) is 0 Å². The first-order valence-corrected chi connectivity index (χ1v) is 9.16. The summed E-state index contributed by atoms with van der Waals surface area (Å²) in [4.78, 5) is 17.5. The Morgan fingerprint density at radius 2 is 1.81 bits per heavy atom. The first-order valence-electron chi connectivity index (χ1n) is 9.16. The standard InChI is InChI=1S/C21H22N2O3/c1-25-18-11-15-16(12-19(18)26-2)21(24)22-10-9-14-8-7-13-5-3-4-6-17(13)23(14)20(15)22/h3-6,11-12,14,20H,7-10H2,1-2H3. The number of methoxy groups -OCH3 is 2. The normalized spacial score (nSPS) is 23.1. The molecule has 0 bridgehead atoms. The van der Waals surface area contributed by atoms with Crippen molar-refractivity contribution in [2.45, 2.75) is 31.5 Å². The molecule has 5 rings (SSSR count). The predicted molar refractivity (Wildman–Crippen MR) is 99.0 cm³/mol. The van der Waals surface area contributed by atoms with E-state index in [1.54, 1.807) is 14.2 Å². The maximum atomic E-state index is 13.1. The van der Waals surface area contributed by atoms with Gasteiger partial charge in [0.25, 0.3) is 5.91 Å². The minimum absolute atomic E-state index is 0.0579. The van der Waals surface area contributed by atoms with Gasteiger partial charge < -0.3 is 19.3 Å². The topological polar surface area (TPSA) is 42.0 Å². The Kier molecular flexibility index (Phi) is 3.39. The fourth-order valence-corrected chi connectivity index (χ4v) is 4.79. The van der Waals surface area contributed by atoms with Crippen LogP contribution in [0.25, 0.3) is 0 Å². The van der Waals surface area contributed by atoms with Gasteiger partial charge in [0.1, 0.15) is 6.17 Å². The van der Waals surface area contributed by atoms with Crippen molar-refractivity contribution in [1.82, 2.24) is 4.90 Å². The Morgan fingerprint density at radius 1 is 1.04 bits per heavy atom. The van der Waals surface area contributed by atoms with Gasteiger partial charge in [-0.15, -0.1) is 0 Å². The molecule has 2 atom stereocenters. The highest BCUT2D eigenvalue weighted by Crippen LogP contribution is 2.49. The summed E-state index contributed by atoms with van der Waals surface area (Å²) in [6.45, 7) is 0.798. The van der Waals surface area contributed by atoms with Gasteiger partial charge in [-0.25, -0.2) is 0 Å². The zero-order valence-electron chi connectivity index (χ0n) is 15.1. The molecule has 1 amide bonds. The van der Waals surface area contributed by atoms with Crippen LogP contribution in [0.2, 0.25) is 0 Å². The van der Waals surface area contributed by atoms with Crippen LogP contribution in [0, 0.1) is 0 Å². The maximum Gasteiger partial charge on any atom is 0.256 e. The van der Waals surface area contributed by atoms with Crippen molar-refractivity contribution in [3.05, 3.63) is 53.1 Å². The molecule has 2 aromatic rings. The lowest BCUT2D eigenvalue weighted by Crippen LogP contribution is -2.53. The highest BCUT2D eigenvalue weighted by atomic mass is 16.5. The molecule has 3 aliphatic rings. The van der Waals surface area contributed by atoms with Crippen LogP contribution in [0.5, 0.6) is 11.5 Å². The van der Waals surface area contributed by atoms with Crippen molar-refractivity contribution in [2.75, 3.05) is 25.7 Å². The number of amides is 1. The number of carbonyl (C=O) groups is 1. The molecule has 0 aromatic heterocycles.